The lowest BCUT2D eigenvalue weighted by Gasteiger charge is -2.46. The highest BCUT2D eigenvalue weighted by atomic mass is 127. The standard InChI is InChI=1S/C25H34N2.2HI/c1-26(2,3)14-9-15-27(4)16-22-23(17-27)25-19-11-6-5-10-18(19)24(22)20-12-7-8-13-21(20)25;;/h5-8,10-13,22-25H,9,14-17H2,1-4H3;2*1H/q+2;;/p-2. The van der Waals surface area contributed by atoms with Gasteiger partial charge in [-0.2, -0.15) is 0 Å². The minimum absolute atomic E-state index is 0. The Morgan fingerprint density at radius 1 is 0.759 bits per heavy atom. The van der Waals surface area contributed by atoms with Crippen LogP contribution < -0.4 is 48.0 Å². The molecule has 2 aromatic rings. The van der Waals surface area contributed by atoms with Crippen LogP contribution in [0.25, 0.3) is 0 Å². The first-order valence-corrected chi connectivity index (χ1v) is 10.7. The molecule has 1 fully saturated rings. The van der Waals surface area contributed by atoms with Gasteiger partial charge < -0.3 is 56.9 Å². The van der Waals surface area contributed by atoms with Gasteiger partial charge in [0.05, 0.1) is 54.4 Å². The summed E-state index contributed by atoms with van der Waals surface area (Å²) >= 11 is 0. The molecule has 3 aliphatic carbocycles. The Morgan fingerprint density at radius 3 is 1.48 bits per heavy atom. The van der Waals surface area contributed by atoms with Crippen LogP contribution in [0.2, 0.25) is 0 Å². The molecule has 0 spiro atoms. The van der Waals surface area contributed by atoms with Gasteiger partial charge in [0.25, 0.3) is 0 Å². The second-order valence-electron chi connectivity index (χ2n) is 10.6. The summed E-state index contributed by atoms with van der Waals surface area (Å²) in [5.41, 5.74) is 6.51. The van der Waals surface area contributed by atoms with Gasteiger partial charge in [-0.25, -0.2) is 0 Å². The van der Waals surface area contributed by atoms with Crippen molar-refractivity contribution < 1.29 is 56.9 Å². The maximum absolute atomic E-state index is 2.53. The predicted molar refractivity (Wildman–Crippen MR) is 112 cm³/mol. The van der Waals surface area contributed by atoms with E-state index in [0.29, 0.717) is 11.8 Å². The van der Waals surface area contributed by atoms with Crippen LogP contribution in [0.1, 0.15) is 40.5 Å². The van der Waals surface area contributed by atoms with Crippen molar-refractivity contribution in [3.8, 4) is 0 Å². The number of halogens is 2. The lowest BCUT2D eigenvalue weighted by Crippen LogP contribution is -3.00. The molecule has 0 saturated carbocycles. The Kier molecular flexibility index (Phi) is 6.80. The summed E-state index contributed by atoms with van der Waals surface area (Å²) in [7, 11) is 9.48. The SMILES string of the molecule is C[N+](C)(C)CCC[N+]1(C)CC2C3c4ccccc4C(c4ccccc43)C2C1.[I-].[I-]. The summed E-state index contributed by atoms with van der Waals surface area (Å²) in [5, 5.41) is 0. The number of hydrogen-bond donors (Lipinski definition) is 0. The molecule has 6 rings (SSSR count). The van der Waals surface area contributed by atoms with Gasteiger partial charge >= 0.3 is 0 Å². The van der Waals surface area contributed by atoms with Gasteiger partial charge in [0.1, 0.15) is 0 Å². The smallest absolute Gasteiger partial charge is 0.0839 e. The molecule has 2 bridgehead atoms. The molecule has 2 atom stereocenters. The molecule has 158 valence electrons. The van der Waals surface area contributed by atoms with Crippen LogP contribution in [0.5, 0.6) is 0 Å². The van der Waals surface area contributed by atoms with Crippen LogP contribution in [0.15, 0.2) is 48.5 Å². The second-order valence-corrected chi connectivity index (χ2v) is 10.6. The minimum atomic E-state index is 0. The van der Waals surface area contributed by atoms with Crippen molar-refractivity contribution >= 4 is 0 Å². The van der Waals surface area contributed by atoms with Crippen molar-refractivity contribution in [3.63, 3.8) is 0 Å². The predicted octanol–water partition coefficient (Wildman–Crippen LogP) is -1.93. The van der Waals surface area contributed by atoms with E-state index in [-0.39, 0.29) is 48.0 Å². The zero-order valence-corrected chi connectivity index (χ0v) is 22.4. The van der Waals surface area contributed by atoms with Gasteiger partial charge in [0.15, 0.2) is 0 Å². The van der Waals surface area contributed by atoms with Gasteiger partial charge in [-0.1, -0.05) is 48.5 Å². The monoisotopic (exact) mass is 616 g/mol. The van der Waals surface area contributed by atoms with Crippen molar-refractivity contribution in [1.29, 1.82) is 0 Å². The molecule has 4 aliphatic rings. The highest BCUT2D eigenvalue weighted by Crippen LogP contribution is 2.61. The Hall–Kier alpha value is -0.180. The zero-order chi connectivity index (χ0) is 18.8. The summed E-state index contributed by atoms with van der Waals surface area (Å²) < 4.78 is 2.35. The maximum atomic E-state index is 2.53. The summed E-state index contributed by atoms with van der Waals surface area (Å²) in [4.78, 5) is 0. The first-order chi connectivity index (χ1) is 12.9. The van der Waals surface area contributed by atoms with E-state index in [4.69, 9.17) is 0 Å². The molecule has 1 saturated heterocycles. The topological polar surface area (TPSA) is 0 Å². The van der Waals surface area contributed by atoms with E-state index >= 15 is 0 Å². The molecule has 4 heteroatoms. The largest absolute Gasteiger partial charge is 1.00 e. The zero-order valence-electron chi connectivity index (χ0n) is 18.1. The molecular formula is C25H34I2N2. The van der Waals surface area contributed by atoms with E-state index in [1.807, 2.05) is 0 Å². The fraction of sp³-hybridized carbons (Fsp3) is 0.520. The Bertz CT molecular complexity index is 768. The molecule has 2 unspecified atom stereocenters. The number of nitrogens with zero attached hydrogens (tertiary/aromatic N) is 2. The number of rotatable bonds is 4. The van der Waals surface area contributed by atoms with E-state index in [2.05, 4.69) is 76.7 Å². The first-order valence-electron chi connectivity index (χ1n) is 10.7. The van der Waals surface area contributed by atoms with Gasteiger partial charge in [-0.3, -0.25) is 0 Å². The van der Waals surface area contributed by atoms with Crippen molar-refractivity contribution in [1.82, 2.24) is 0 Å². The highest BCUT2D eigenvalue weighted by Gasteiger charge is 2.57. The van der Waals surface area contributed by atoms with Gasteiger partial charge in [-0.15, -0.1) is 0 Å². The summed E-state index contributed by atoms with van der Waals surface area (Å²) in [6.45, 7) is 5.31. The lowest BCUT2D eigenvalue weighted by molar-refractivity contribution is -0.909. The number of quaternary nitrogens is 2. The second kappa shape index (κ2) is 8.40. The maximum Gasteiger partial charge on any atom is 0.0839 e. The number of benzene rings is 2. The normalized spacial score (nSPS) is 31.2. The third-order valence-electron chi connectivity index (χ3n) is 7.57. The van der Waals surface area contributed by atoms with E-state index in [1.165, 1.54) is 37.1 Å². The fourth-order valence-corrected chi connectivity index (χ4v) is 6.59. The quantitative estimate of drug-likeness (QED) is 0.278. The summed E-state index contributed by atoms with van der Waals surface area (Å²) in [6.07, 6.45) is 1.33. The van der Waals surface area contributed by atoms with Crippen LogP contribution in [-0.2, 0) is 0 Å². The van der Waals surface area contributed by atoms with Crippen molar-refractivity contribution in [3.05, 3.63) is 70.8 Å². The molecule has 1 aliphatic heterocycles. The molecule has 0 aromatic heterocycles. The van der Waals surface area contributed by atoms with E-state index in [9.17, 15) is 0 Å². The number of likely N-dealkylation sites (tertiary alicyclic amines) is 1. The minimum Gasteiger partial charge on any atom is -1.00 e. The molecule has 29 heavy (non-hydrogen) atoms. The lowest BCUT2D eigenvalue weighted by atomic mass is 9.55. The Balaban J connectivity index is 0.00000120. The van der Waals surface area contributed by atoms with Crippen molar-refractivity contribution in [2.75, 3.05) is 54.4 Å². The van der Waals surface area contributed by atoms with Gasteiger partial charge in [-0.05, 0) is 22.3 Å². The molecule has 0 amide bonds. The van der Waals surface area contributed by atoms with E-state index < -0.39 is 0 Å². The third kappa shape index (κ3) is 4.03. The molecule has 1 heterocycles. The first kappa shape index (κ1) is 23.5. The van der Waals surface area contributed by atoms with Crippen LogP contribution in [-0.4, -0.2) is 63.3 Å². The molecule has 0 N–H and O–H groups in total. The molecular weight excluding hydrogens is 582 g/mol. The van der Waals surface area contributed by atoms with Gasteiger partial charge in [0, 0.05) is 30.1 Å². The summed E-state index contributed by atoms with van der Waals surface area (Å²) in [5.74, 6) is 2.86. The molecule has 0 radical (unpaired) electrons. The van der Waals surface area contributed by atoms with E-state index in [0.717, 1.165) is 16.3 Å². The number of hydrogen-bond acceptors (Lipinski definition) is 0. The van der Waals surface area contributed by atoms with Crippen LogP contribution in [0, 0.1) is 11.8 Å². The third-order valence-corrected chi connectivity index (χ3v) is 7.57. The van der Waals surface area contributed by atoms with E-state index in [1.54, 1.807) is 22.3 Å². The Labute approximate surface area is 210 Å². The van der Waals surface area contributed by atoms with Crippen molar-refractivity contribution in [2.24, 2.45) is 11.8 Å². The van der Waals surface area contributed by atoms with Crippen LogP contribution in [0.4, 0.5) is 0 Å². The van der Waals surface area contributed by atoms with Gasteiger partial charge in [0.2, 0.25) is 0 Å². The summed E-state index contributed by atoms with van der Waals surface area (Å²) in [6, 6.07) is 18.7. The molecule has 2 aromatic carbocycles. The average molecular weight is 616 g/mol. The Morgan fingerprint density at radius 2 is 1.14 bits per heavy atom. The van der Waals surface area contributed by atoms with Crippen molar-refractivity contribution in [2.45, 2.75) is 18.3 Å². The van der Waals surface area contributed by atoms with Crippen LogP contribution in [0.3, 0.4) is 0 Å². The highest BCUT2D eigenvalue weighted by molar-refractivity contribution is 5.56. The fourth-order valence-electron chi connectivity index (χ4n) is 6.59. The average Bonchev–Trinajstić information content (AvgIpc) is 2.97. The van der Waals surface area contributed by atoms with Crippen LogP contribution >= 0.6 is 0 Å². The molecule has 2 nitrogen and oxygen atoms in total.